The third-order valence-corrected chi connectivity index (χ3v) is 5.15. The molecule has 1 aromatic carbocycles. The average molecular weight is 412 g/mol. The molecule has 0 bridgehead atoms. The number of halogens is 1. The Balaban J connectivity index is 2.22. The molecule has 148 valence electrons. The van der Waals surface area contributed by atoms with Crippen molar-refractivity contribution in [3.63, 3.8) is 0 Å². The van der Waals surface area contributed by atoms with Gasteiger partial charge in [0.1, 0.15) is 0 Å². The molecule has 0 unspecified atom stereocenters. The van der Waals surface area contributed by atoms with E-state index in [4.69, 9.17) is 16.3 Å². The summed E-state index contributed by atoms with van der Waals surface area (Å²) in [5, 5.41) is 4.45. The van der Waals surface area contributed by atoms with Gasteiger partial charge in [0.05, 0.1) is 16.7 Å². The minimum absolute atomic E-state index is 0.0604. The minimum atomic E-state index is -0.123. The number of ether oxygens (including phenoxy) is 1. The third-order valence-electron chi connectivity index (χ3n) is 3.94. The summed E-state index contributed by atoms with van der Waals surface area (Å²) in [6, 6.07) is 5.05. The van der Waals surface area contributed by atoms with Gasteiger partial charge in [-0.25, -0.2) is 4.98 Å². The molecule has 0 atom stereocenters. The Hall–Kier alpha value is -1.57. The first-order valence-electron chi connectivity index (χ1n) is 9.24. The molecule has 0 aliphatic carbocycles. The standard InChI is InChI=1S/C19H26ClN3O3S/c1-3-5-9-21-17(24)13-27-19-22-16-12-14(20)7-8-15(16)18(25)23(19)10-6-11-26-4-2/h7-8,12H,3-6,9-11,13H2,1-2H3,(H,21,24). The van der Waals surface area contributed by atoms with Crippen molar-refractivity contribution in [2.24, 2.45) is 0 Å². The van der Waals surface area contributed by atoms with Crippen LogP contribution in [0.2, 0.25) is 5.02 Å². The Morgan fingerprint density at radius 1 is 1.33 bits per heavy atom. The van der Waals surface area contributed by atoms with Crippen molar-refractivity contribution < 1.29 is 9.53 Å². The number of amides is 1. The molecule has 0 saturated heterocycles. The number of benzene rings is 1. The van der Waals surface area contributed by atoms with Crippen molar-refractivity contribution in [2.45, 2.75) is 44.8 Å². The molecule has 2 rings (SSSR count). The summed E-state index contributed by atoms with van der Waals surface area (Å²) in [5.41, 5.74) is 0.421. The van der Waals surface area contributed by atoms with Crippen LogP contribution in [0.1, 0.15) is 33.1 Å². The largest absolute Gasteiger partial charge is 0.382 e. The van der Waals surface area contributed by atoms with Gasteiger partial charge in [0.25, 0.3) is 5.56 Å². The van der Waals surface area contributed by atoms with Crippen molar-refractivity contribution in [1.82, 2.24) is 14.9 Å². The Morgan fingerprint density at radius 3 is 2.89 bits per heavy atom. The lowest BCUT2D eigenvalue weighted by Crippen LogP contribution is -2.28. The van der Waals surface area contributed by atoms with Crippen molar-refractivity contribution in [1.29, 1.82) is 0 Å². The Morgan fingerprint density at radius 2 is 2.15 bits per heavy atom. The van der Waals surface area contributed by atoms with E-state index in [1.807, 2.05) is 6.92 Å². The van der Waals surface area contributed by atoms with Gasteiger partial charge in [0.15, 0.2) is 5.16 Å². The molecular formula is C19H26ClN3O3S. The lowest BCUT2D eigenvalue weighted by atomic mass is 10.2. The van der Waals surface area contributed by atoms with E-state index >= 15 is 0 Å². The highest BCUT2D eigenvalue weighted by atomic mass is 35.5. The van der Waals surface area contributed by atoms with E-state index in [1.165, 1.54) is 11.8 Å². The predicted octanol–water partition coefficient (Wildman–Crippen LogP) is 3.48. The smallest absolute Gasteiger partial charge is 0.262 e. The van der Waals surface area contributed by atoms with E-state index in [-0.39, 0.29) is 17.2 Å². The van der Waals surface area contributed by atoms with Crippen LogP contribution >= 0.6 is 23.4 Å². The summed E-state index contributed by atoms with van der Waals surface area (Å²) in [4.78, 5) is 29.5. The second kappa shape index (κ2) is 11.3. The maximum atomic E-state index is 12.9. The molecule has 2 aromatic rings. The summed E-state index contributed by atoms with van der Waals surface area (Å²) in [6.07, 6.45) is 2.68. The summed E-state index contributed by atoms with van der Waals surface area (Å²) in [7, 11) is 0. The monoisotopic (exact) mass is 411 g/mol. The first kappa shape index (κ1) is 21.7. The van der Waals surface area contributed by atoms with Crippen LogP contribution in [0, 0.1) is 0 Å². The Kier molecular flexibility index (Phi) is 9.10. The zero-order valence-electron chi connectivity index (χ0n) is 15.8. The van der Waals surface area contributed by atoms with Gasteiger partial charge in [-0.2, -0.15) is 0 Å². The molecule has 0 saturated carbocycles. The quantitative estimate of drug-likeness (QED) is 0.348. The van der Waals surface area contributed by atoms with Crippen LogP contribution < -0.4 is 10.9 Å². The average Bonchev–Trinajstić information content (AvgIpc) is 2.65. The van der Waals surface area contributed by atoms with Crippen LogP contribution in [0.5, 0.6) is 0 Å². The number of nitrogens with one attached hydrogen (secondary N) is 1. The van der Waals surface area contributed by atoms with Gasteiger partial charge < -0.3 is 10.1 Å². The van der Waals surface area contributed by atoms with Crippen LogP contribution in [0.25, 0.3) is 10.9 Å². The number of hydrogen-bond acceptors (Lipinski definition) is 5. The van der Waals surface area contributed by atoms with Gasteiger partial charge in [-0.05, 0) is 38.0 Å². The van der Waals surface area contributed by atoms with Crippen LogP contribution in [0.4, 0.5) is 0 Å². The van der Waals surface area contributed by atoms with E-state index in [9.17, 15) is 9.59 Å². The molecule has 0 aliphatic heterocycles. The normalized spacial score (nSPS) is 11.1. The van der Waals surface area contributed by atoms with Crippen molar-refractivity contribution in [3.8, 4) is 0 Å². The van der Waals surface area contributed by atoms with Gasteiger partial charge in [-0.3, -0.25) is 14.2 Å². The van der Waals surface area contributed by atoms with Crippen molar-refractivity contribution >= 4 is 40.2 Å². The molecule has 1 N–H and O–H groups in total. The molecule has 0 fully saturated rings. The fourth-order valence-electron chi connectivity index (χ4n) is 2.54. The van der Waals surface area contributed by atoms with E-state index in [1.54, 1.807) is 22.8 Å². The number of unbranched alkanes of at least 4 members (excludes halogenated alkanes) is 1. The zero-order valence-corrected chi connectivity index (χ0v) is 17.4. The predicted molar refractivity (Wildman–Crippen MR) is 111 cm³/mol. The number of nitrogens with zero attached hydrogens (tertiary/aromatic N) is 2. The van der Waals surface area contributed by atoms with Crippen molar-refractivity contribution in [2.75, 3.05) is 25.5 Å². The molecule has 0 spiro atoms. The molecule has 1 heterocycles. The Labute approximate surface area is 168 Å². The van der Waals surface area contributed by atoms with Gasteiger partial charge in [-0.1, -0.05) is 36.7 Å². The molecular weight excluding hydrogens is 386 g/mol. The molecule has 27 heavy (non-hydrogen) atoms. The fraction of sp³-hybridized carbons (Fsp3) is 0.526. The zero-order chi connectivity index (χ0) is 19.6. The highest BCUT2D eigenvalue weighted by molar-refractivity contribution is 7.99. The molecule has 8 heteroatoms. The minimum Gasteiger partial charge on any atom is -0.382 e. The second-order valence-corrected chi connectivity index (χ2v) is 7.43. The number of hydrogen-bond donors (Lipinski definition) is 1. The van der Waals surface area contributed by atoms with Crippen LogP contribution in [-0.4, -0.2) is 41.0 Å². The highest BCUT2D eigenvalue weighted by Crippen LogP contribution is 2.20. The Bertz CT molecular complexity index is 826. The summed E-state index contributed by atoms with van der Waals surface area (Å²) >= 11 is 7.31. The van der Waals surface area contributed by atoms with E-state index < -0.39 is 0 Å². The maximum absolute atomic E-state index is 12.9. The van der Waals surface area contributed by atoms with Crippen LogP contribution in [0.3, 0.4) is 0 Å². The van der Waals surface area contributed by atoms with Gasteiger partial charge in [-0.15, -0.1) is 0 Å². The molecule has 0 radical (unpaired) electrons. The molecule has 6 nitrogen and oxygen atoms in total. The first-order valence-corrected chi connectivity index (χ1v) is 10.6. The molecule has 1 aromatic heterocycles. The van der Waals surface area contributed by atoms with E-state index in [0.717, 1.165) is 12.8 Å². The molecule has 0 aliphatic rings. The summed E-state index contributed by atoms with van der Waals surface area (Å²) < 4.78 is 6.99. The number of fused-ring (bicyclic) bond motifs is 1. The van der Waals surface area contributed by atoms with E-state index in [2.05, 4.69) is 17.2 Å². The van der Waals surface area contributed by atoms with Gasteiger partial charge >= 0.3 is 0 Å². The third kappa shape index (κ3) is 6.52. The SMILES string of the molecule is CCCCNC(=O)CSc1nc2cc(Cl)ccc2c(=O)n1CCCOCC. The van der Waals surface area contributed by atoms with Crippen molar-refractivity contribution in [3.05, 3.63) is 33.6 Å². The van der Waals surface area contributed by atoms with Crippen LogP contribution in [-0.2, 0) is 16.1 Å². The lowest BCUT2D eigenvalue weighted by molar-refractivity contribution is -0.118. The number of aromatic nitrogens is 2. The van der Waals surface area contributed by atoms with Gasteiger partial charge in [0, 0.05) is 31.3 Å². The number of carbonyl (C=O) groups is 1. The summed E-state index contributed by atoms with van der Waals surface area (Å²) in [5.74, 6) is 0.156. The lowest BCUT2D eigenvalue weighted by Gasteiger charge is -2.13. The van der Waals surface area contributed by atoms with Crippen LogP contribution in [0.15, 0.2) is 28.2 Å². The first-order chi connectivity index (χ1) is 13.1. The van der Waals surface area contributed by atoms with E-state index in [0.29, 0.717) is 53.8 Å². The fourth-order valence-corrected chi connectivity index (χ4v) is 3.56. The number of carbonyl (C=O) groups excluding carboxylic acids is 1. The highest BCUT2D eigenvalue weighted by Gasteiger charge is 2.13. The molecule has 1 amide bonds. The maximum Gasteiger partial charge on any atom is 0.262 e. The summed E-state index contributed by atoms with van der Waals surface area (Å²) in [6.45, 7) is 6.38. The topological polar surface area (TPSA) is 73.2 Å². The number of rotatable bonds is 11. The van der Waals surface area contributed by atoms with Gasteiger partial charge in [0.2, 0.25) is 5.91 Å². The number of thioether (sulfide) groups is 1. The second-order valence-electron chi connectivity index (χ2n) is 6.06.